The molecule has 3 unspecified atom stereocenters. The molecule has 0 fully saturated rings. The Kier molecular flexibility index (Phi) is 59.9. The Morgan fingerprint density at radius 2 is 0.580 bits per heavy atom. The number of carbonyl (C=O) groups excluding carboxylic acids is 4. The Hall–Kier alpha value is -1.94. The van der Waals surface area contributed by atoms with Crippen LogP contribution in [0.4, 0.5) is 0 Å². The van der Waals surface area contributed by atoms with Crippen molar-refractivity contribution in [1.29, 1.82) is 0 Å². The van der Waals surface area contributed by atoms with E-state index in [4.69, 9.17) is 37.0 Å². The van der Waals surface area contributed by atoms with Crippen LogP contribution in [0.2, 0.25) is 0 Å². The molecule has 522 valence electrons. The van der Waals surface area contributed by atoms with Crippen molar-refractivity contribution >= 4 is 39.5 Å². The van der Waals surface area contributed by atoms with Crippen molar-refractivity contribution in [2.75, 3.05) is 39.6 Å². The highest BCUT2D eigenvalue weighted by atomic mass is 31.2. The summed E-state index contributed by atoms with van der Waals surface area (Å²) in [6, 6.07) is 0. The van der Waals surface area contributed by atoms with Gasteiger partial charge in [0.15, 0.2) is 12.2 Å². The molecule has 3 N–H and O–H groups in total. The molecule has 0 amide bonds. The first-order valence-corrected chi connectivity index (χ1v) is 39.0. The van der Waals surface area contributed by atoms with Crippen molar-refractivity contribution in [1.82, 2.24) is 0 Å². The first-order chi connectivity index (χ1) is 42.4. The van der Waals surface area contributed by atoms with Crippen molar-refractivity contribution in [2.45, 2.75) is 368 Å². The zero-order valence-corrected chi connectivity index (χ0v) is 58.8. The highest BCUT2D eigenvalue weighted by Crippen LogP contribution is 2.45. The standard InChI is InChI=1S/C69H134O17P2/c1-7-10-12-14-16-18-19-20-21-22-27-34-40-46-52-67(72)80-58-64(85-68(73)53-47-41-35-28-24-23-26-32-38-44-50-62(6)9-3)59-83-87(75,76)81-55-63(70)56-82-88(77,78)84-60-65(57-79-66(71)51-45-39-33-25-17-15-13-11-8-2)86-69(74)54-48-42-36-30-29-31-37-43-49-61(4)5/h61-65,70H,7-60H2,1-6H3,(H,75,76)(H,77,78)/t62?,63-,64-,65-/m1/s1. The Morgan fingerprint density at radius 3 is 0.864 bits per heavy atom. The van der Waals surface area contributed by atoms with Gasteiger partial charge in [0.1, 0.15) is 19.3 Å². The van der Waals surface area contributed by atoms with Crippen LogP contribution in [0.5, 0.6) is 0 Å². The summed E-state index contributed by atoms with van der Waals surface area (Å²) in [5.74, 6) is -0.606. The number of esters is 4. The summed E-state index contributed by atoms with van der Waals surface area (Å²) in [7, 11) is -9.90. The van der Waals surface area contributed by atoms with Gasteiger partial charge in [-0.2, -0.15) is 0 Å². The molecule has 0 aromatic carbocycles. The summed E-state index contributed by atoms with van der Waals surface area (Å²) in [4.78, 5) is 72.4. The Labute approximate surface area is 537 Å². The SMILES string of the molecule is CCCCCCCCCCCCCCCCC(=O)OC[C@H](COP(=O)(O)OC[C@@H](O)COP(=O)(O)OC[C@@H](COC(=O)CCCCCCCCCCC)OC(=O)CCCCCCCCCCC(C)C)OC(=O)CCCCCCCCCCCCC(C)CC. The van der Waals surface area contributed by atoms with Crippen molar-refractivity contribution in [3.63, 3.8) is 0 Å². The van der Waals surface area contributed by atoms with E-state index >= 15 is 0 Å². The lowest BCUT2D eigenvalue weighted by Gasteiger charge is -2.21. The van der Waals surface area contributed by atoms with E-state index in [9.17, 15) is 43.2 Å². The molecule has 19 heteroatoms. The Bertz CT molecular complexity index is 1720. The quantitative estimate of drug-likeness (QED) is 0.0222. The van der Waals surface area contributed by atoms with Crippen LogP contribution in [0.25, 0.3) is 0 Å². The molecule has 0 aliphatic carbocycles. The molecule has 0 spiro atoms. The molecule has 0 heterocycles. The van der Waals surface area contributed by atoms with Gasteiger partial charge in [-0.05, 0) is 37.5 Å². The summed E-state index contributed by atoms with van der Waals surface area (Å²) in [5.41, 5.74) is 0. The van der Waals surface area contributed by atoms with Gasteiger partial charge in [-0.1, -0.05) is 298 Å². The highest BCUT2D eigenvalue weighted by Gasteiger charge is 2.30. The smallest absolute Gasteiger partial charge is 0.462 e. The van der Waals surface area contributed by atoms with E-state index < -0.39 is 97.5 Å². The number of aliphatic hydroxyl groups is 1. The Morgan fingerprint density at radius 1 is 0.330 bits per heavy atom. The lowest BCUT2D eigenvalue weighted by Crippen LogP contribution is -2.30. The molecule has 88 heavy (non-hydrogen) atoms. The van der Waals surface area contributed by atoms with Crippen molar-refractivity contribution < 1.29 is 80.2 Å². The van der Waals surface area contributed by atoms with Crippen LogP contribution in [-0.4, -0.2) is 96.7 Å². The second-order valence-electron chi connectivity index (χ2n) is 25.6. The van der Waals surface area contributed by atoms with Gasteiger partial charge < -0.3 is 33.8 Å². The van der Waals surface area contributed by atoms with E-state index in [1.54, 1.807) is 0 Å². The lowest BCUT2D eigenvalue weighted by atomic mass is 9.99. The molecule has 0 saturated heterocycles. The number of hydrogen-bond donors (Lipinski definition) is 3. The molecule has 6 atom stereocenters. The molecule has 0 aliphatic heterocycles. The summed E-state index contributed by atoms with van der Waals surface area (Å²) in [6.07, 6.45) is 45.7. The molecular formula is C69H134O17P2. The maximum Gasteiger partial charge on any atom is 0.472 e. The molecule has 0 bridgehead atoms. The molecule has 0 radical (unpaired) electrons. The average Bonchev–Trinajstić information content (AvgIpc) is 3.51. The van der Waals surface area contributed by atoms with E-state index in [1.807, 2.05) is 0 Å². The van der Waals surface area contributed by atoms with Gasteiger partial charge in [-0.15, -0.1) is 0 Å². The van der Waals surface area contributed by atoms with Gasteiger partial charge in [0, 0.05) is 25.7 Å². The van der Waals surface area contributed by atoms with Crippen molar-refractivity contribution in [3.05, 3.63) is 0 Å². The van der Waals surface area contributed by atoms with E-state index in [1.165, 1.54) is 167 Å². The van der Waals surface area contributed by atoms with Crippen LogP contribution in [0.15, 0.2) is 0 Å². The van der Waals surface area contributed by atoms with Crippen LogP contribution in [0.3, 0.4) is 0 Å². The first kappa shape index (κ1) is 86.1. The predicted molar refractivity (Wildman–Crippen MR) is 354 cm³/mol. The molecule has 0 aliphatic rings. The fourth-order valence-corrected chi connectivity index (χ4v) is 12.0. The fourth-order valence-electron chi connectivity index (χ4n) is 10.4. The van der Waals surface area contributed by atoms with Crippen LogP contribution in [-0.2, 0) is 65.4 Å². The van der Waals surface area contributed by atoms with Crippen LogP contribution < -0.4 is 0 Å². The molecule has 0 aromatic rings. The number of carbonyl (C=O) groups is 4. The maximum atomic E-state index is 13.0. The zero-order chi connectivity index (χ0) is 65.0. The lowest BCUT2D eigenvalue weighted by molar-refractivity contribution is -0.161. The first-order valence-electron chi connectivity index (χ1n) is 36.0. The summed E-state index contributed by atoms with van der Waals surface area (Å²) in [6.45, 7) is 9.51. The second-order valence-corrected chi connectivity index (χ2v) is 28.5. The topological polar surface area (TPSA) is 237 Å². The van der Waals surface area contributed by atoms with Crippen LogP contribution >= 0.6 is 15.6 Å². The second kappa shape index (κ2) is 61.3. The number of unbranched alkanes of at least 4 members (excludes halogenated alkanes) is 37. The van der Waals surface area contributed by atoms with Crippen LogP contribution in [0, 0.1) is 11.8 Å². The molecule has 0 aromatic heterocycles. The fraction of sp³-hybridized carbons (Fsp3) is 0.942. The van der Waals surface area contributed by atoms with E-state index in [0.29, 0.717) is 25.7 Å². The summed E-state index contributed by atoms with van der Waals surface area (Å²) >= 11 is 0. The zero-order valence-electron chi connectivity index (χ0n) is 57.0. The monoisotopic (exact) mass is 1300 g/mol. The van der Waals surface area contributed by atoms with Gasteiger partial charge in [0.05, 0.1) is 26.4 Å². The molecule has 0 rings (SSSR count). The normalized spacial score (nSPS) is 14.5. The summed E-state index contributed by atoms with van der Waals surface area (Å²) < 4.78 is 68.2. The number of phosphoric acid groups is 2. The number of phosphoric ester groups is 2. The summed E-state index contributed by atoms with van der Waals surface area (Å²) in [5, 5.41) is 10.6. The number of aliphatic hydroxyl groups excluding tert-OH is 1. The van der Waals surface area contributed by atoms with Gasteiger partial charge in [0.2, 0.25) is 0 Å². The highest BCUT2D eigenvalue weighted by molar-refractivity contribution is 7.47. The predicted octanol–water partition coefficient (Wildman–Crippen LogP) is 19.6. The van der Waals surface area contributed by atoms with E-state index in [-0.39, 0.29) is 25.7 Å². The van der Waals surface area contributed by atoms with Gasteiger partial charge in [0.25, 0.3) is 0 Å². The Balaban J connectivity index is 5.24. The number of ether oxygens (including phenoxy) is 4. The number of rotatable bonds is 68. The van der Waals surface area contributed by atoms with Crippen LogP contribution in [0.1, 0.15) is 350 Å². The average molecular weight is 1300 g/mol. The largest absolute Gasteiger partial charge is 0.472 e. The van der Waals surface area contributed by atoms with Crippen molar-refractivity contribution in [3.8, 4) is 0 Å². The van der Waals surface area contributed by atoms with E-state index in [0.717, 1.165) is 102 Å². The molecular weight excluding hydrogens is 1160 g/mol. The molecule has 0 saturated carbocycles. The molecule has 17 nitrogen and oxygen atoms in total. The van der Waals surface area contributed by atoms with Gasteiger partial charge in [-0.25, -0.2) is 9.13 Å². The minimum atomic E-state index is -4.95. The van der Waals surface area contributed by atoms with Gasteiger partial charge in [-0.3, -0.25) is 37.3 Å². The third-order valence-corrected chi connectivity index (χ3v) is 18.2. The third-order valence-electron chi connectivity index (χ3n) is 16.3. The van der Waals surface area contributed by atoms with E-state index in [2.05, 4.69) is 41.5 Å². The number of hydrogen-bond acceptors (Lipinski definition) is 15. The minimum Gasteiger partial charge on any atom is -0.462 e. The third kappa shape index (κ3) is 61.6. The van der Waals surface area contributed by atoms with Gasteiger partial charge >= 0.3 is 39.5 Å². The van der Waals surface area contributed by atoms with Crippen molar-refractivity contribution in [2.24, 2.45) is 11.8 Å². The maximum absolute atomic E-state index is 13.0. The minimum absolute atomic E-state index is 0.104.